The molecule has 0 radical (unpaired) electrons. The van der Waals surface area contributed by atoms with Crippen LogP contribution in [-0.2, 0) is 0 Å². The molecule has 0 fully saturated rings. The van der Waals surface area contributed by atoms with E-state index in [0.29, 0.717) is 16.3 Å². The zero-order chi connectivity index (χ0) is 13.1. The Labute approximate surface area is 107 Å². The fourth-order valence-corrected chi connectivity index (χ4v) is 1.60. The van der Waals surface area contributed by atoms with Crippen LogP contribution in [0.3, 0.4) is 0 Å². The van der Waals surface area contributed by atoms with E-state index in [4.69, 9.17) is 11.6 Å². The lowest BCUT2D eigenvalue weighted by Crippen LogP contribution is -2.03. The van der Waals surface area contributed by atoms with Crippen LogP contribution in [0.4, 0.5) is 8.78 Å². The largest absolute Gasteiger partial charge is 0.434 e. The van der Waals surface area contributed by atoms with Crippen molar-refractivity contribution in [2.45, 2.75) is 13.5 Å². The average molecular weight is 271 g/mol. The molecule has 18 heavy (non-hydrogen) atoms. The van der Waals surface area contributed by atoms with Crippen molar-refractivity contribution in [3.63, 3.8) is 0 Å². The summed E-state index contributed by atoms with van der Waals surface area (Å²) in [5.74, 6) is -0.0179. The van der Waals surface area contributed by atoms with E-state index in [9.17, 15) is 8.78 Å². The number of halogens is 3. The average Bonchev–Trinajstić information content (AvgIpc) is 2.30. The Bertz CT molecular complexity index is 546. The van der Waals surface area contributed by atoms with Crippen molar-refractivity contribution in [1.29, 1.82) is 0 Å². The lowest BCUT2D eigenvalue weighted by atomic mass is 10.1. The van der Waals surface area contributed by atoms with Gasteiger partial charge < -0.3 is 4.74 Å². The molecule has 0 aliphatic carbocycles. The van der Waals surface area contributed by atoms with Gasteiger partial charge in [0.25, 0.3) is 0 Å². The quantitative estimate of drug-likeness (QED) is 0.853. The van der Waals surface area contributed by atoms with Crippen LogP contribution < -0.4 is 4.74 Å². The molecule has 0 bridgehead atoms. The second kappa shape index (κ2) is 5.27. The zero-order valence-corrected chi connectivity index (χ0v) is 10.2. The van der Waals surface area contributed by atoms with Crippen molar-refractivity contribution in [1.82, 2.24) is 9.97 Å². The topological polar surface area (TPSA) is 35.0 Å². The number of nitrogens with zero attached hydrogens (tertiary/aromatic N) is 2. The number of hydrogen-bond donors (Lipinski definition) is 0. The van der Waals surface area contributed by atoms with E-state index in [-0.39, 0.29) is 5.75 Å². The van der Waals surface area contributed by atoms with Crippen molar-refractivity contribution in [3.05, 3.63) is 41.3 Å². The van der Waals surface area contributed by atoms with E-state index in [1.807, 2.05) is 0 Å². The Morgan fingerprint density at radius 2 is 2.00 bits per heavy atom. The maximum atomic E-state index is 12.3. The van der Waals surface area contributed by atoms with Gasteiger partial charge in [0.05, 0.1) is 17.6 Å². The Balaban J connectivity index is 2.45. The minimum Gasteiger partial charge on any atom is -0.434 e. The first-order valence-electron chi connectivity index (χ1n) is 5.09. The molecule has 0 saturated carbocycles. The van der Waals surface area contributed by atoms with Crippen LogP contribution in [0.5, 0.6) is 5.75 Å². The Morgan fingerprint density at radius 3 is 2.61 bits per heavy atom. The third kappa shape index (κ3) is 2.92. The molecule has 2 aromatic rings. The number of hydrogen-bond acceptors (Lipinski definition) is 3. The smallest absolute Gasteiger partial charge is 0.387 e. The molecule has 3 nitrogen and oxygen atoms in total. The van der Waals surface area contributed by atoms with Crippen LogP contribution in [-0.4, -0.2) is 16.6 Å². The van der Waals surface area contributed by atoms with Gasteiger partial charge in [-0.05, 0) is 25.1 Å². The highest BCUT2D eigenvalue weighted by Crippen LogP contribution is 2.32. The number of ether oxygens (including phenoxy) is 1. The maximum Gasteiger partial charge on any atom is 0.387 e. The number of aromatic nitrogens is 2. The lowest BCUT2D eigenvalue weighted by molar-refractivity contribution is -0.0494. The summed E-state index contributed by atoms with van der Waals surface area (Å²) in [6, 6.07) is 4.47. The van der Waals surface area contributed by atoms with Gasteiger partial charge in [0.2, 0.25) is 0 Å². The fraction of sp³-hybridized carbons (Fsp3) is 0.167. The van der Waals surface area contributed by atoms with Gasteiger partial charge in [0.1, 0.15) is 5.75 Å². The first-order valence-corrected chi connectivity index (χ1v) is 5.47. The van der Waals surface area contributed by atoms with Crippen LogP contribution in [0.25, 0.3) is 11.3 Å². The van der Waals surface area contributed by atoms with E-state index in [1.165, 1.54) is 12.3 Å². The molecule has 1 aromatic carbocycles. The van der Waals surface area contributed by atoms with Crippen LogP contribution in [0.15, 0.2) is 30.6 Å². The molecule has 6 heteroatoms. The normalized spacial score (nSPS) is 10.7. The van der Waals surface area contributed by atoms with Crippen molar-refractivity contribution in [3.8, 4) is 17.0 Å². The molecule has 2 rings (SSSR count). The Morgan fingerprint density at radius 1 is 1.22 bits per heavy atom. The lowest BCUT2D eigenvalue weighted by Gasteiger charge is -2.10. The summed E-state index contributed by atoms with van der Waals surface area (Å²) >= 11 is 5.75. The van der Waals surface area contributed by atoms with E-state index < -0.39 is 6.61 Å². The van der Waals surface area contributed by atoms with Gasteiger partial charge in [0.15, 0.2) is 0 Å². The third-order valence-corrected chi connectivity index (χ3v) is 2.45. The molecule has 1 aromatic heterocycles. The Hall–Kier alpha value is -1.75. The molecule has 0 atom stereocenters. The summed E-state index contributed by atoms with van der Waals surface area (Å²) in [7, 11) is 0. The van der Waals surface area contributed by atoms with Crippen LogP contribution in [0, 0.1) is 6.92 Å². The molecule has 0 spiro atoms. The SMILES string of the molecule is Cc1cnc(-c2ccc(Cl)cc2OC(F)F)cn1. The van der Waals surface area contributed by atoms with Gasteiger partial charge in [-0.2, -0.15) is 8.78 Å². The van der Waals surface area contributed by atoms with E-state index in [2.05, 4.69) is 14.7 Å². The second-order valence-corrected chi connectivity index (χ2v) is 4.00. The van der Waals surface area contributed by atoms with Crippen molar-refractivity contribution in [2.75, 3.05) is 0 Å². The minimum atomic E-state index is -2.92. The number of alkyl halides is 2. The van der Waals surface area contributed by atoms with Crippen molar-refractivity contribution < 1.29 is 13.5 Å². The van der Waals surface area contributed by atoms with Crippen LogP contribution in [0.2, 0.25) is 5.02 Å². The van der Waals surface area contributed by atoms with E-state index >= 15 is 0 Å². The molecule has 0 amide bonds. The highest BCUT2D eigenvalue weighted by molar-refractivity contribution is 6.30. The summed E-state index contributed by atoms with van der Waals surface area (Å²) in [6.07, 6.45) is 3.05. The van der Waals surface area contributed by atoms with Gasteiger partial charge >= 0.3 is 6.61 Å². The standard InChI is InChI=1S/C12H9ClF2N2O/c1-7-5-17-10(6-16-7)9-3-2-8(13)4-11(9)18-12(14)15/h2-6,12H,1H3. The van der Waals surface area contributed by atoms with E-state index in [1.54, 1.807) is 25.3 Å². The fourth-order valence-electron chi connectivity index (χ4n) is 1.43. The monoisotopic (exact) mass is 270 g/mol. The summed E-state index contributed by atoms with van der Waals surface area (Å²) in [5.41, 5.74) is 1.61. The molecule has 1 heterocycles. The van der Waals surface area contributed by atoms with Crippen molar-refractivity contribution in [2.24, 2.45) is 0 Å². The first kappa shape index (κ1) is 12.7. The predicted octanol–water partition coefficient (Wildman–Crippen LogP) is 3.71. The maximum absolute atomic E-state index is 12.3. The van der Waals surface area contributed by atoms with Crippen molar-refractivity contribution >= 4 is 11.6 Å². The Kier molecular flexibility index (Phi) is 3.72. The predicted molar refractivity (Wildman–Crippen MR) is 63.8 cm³/mol. The molecule has 0 N–H and O–H groups in total. The highest BCUT2D eigenvalue weighted by Gasteiger charge is 2.13. The first-order chi connectivity index (χ1) is 8.56. The molecule has 0 aliphatic heterocycles. The number of benzene rings is 1. The van der Waals surface area contributed by atoms with Crippen LogP contribution in [0.1, 0.15) is 5.69 Å². The molecular formula is C12H9ClF2N2O. The third-order valence-electron chi connectivity index (χ3n) is 2.22. The van der Waals surface area contributed by atoms with Gasteiger partial charge in [-0.3, -0.25) is 9.97 Å². The molecule has 0 aliphatic rings. The summed E-state index contributed by atoms with van der Waals surface area (Å²) < 4.78 is 29.0. The van der Waals surface area contributed by atoms with Gasteiger partial charge in [-0.15, -0.1) is 0 Å². The zero-order valence-electron chi connectivity index (χ0n) is 9.40. The summed E-state index contributed by atoms with van der Waals surface area (Å²) in [6.45, 7) is -1.13. The van der Waals surface area contributed by atoms with E-state index in [0.717, 1.165) is 5.69 Å². The second-order valence-electron chi connectivity index (χ2n) is 3.56. The van der Waals surface area contributed by atoms with Gasteiger partial charge in [-0.25, -0.2) is 0 Å². The summed E-state index contributed by atoms with van der Waals surface area (Å²) in [5, 5.41) is 0.314. The van der Waals surface area contributed by atoms with Gasteiger partial charge in [0, 0.05) is 16.8 Å². The summed E-state index contributed by atoms with van der Waals surface area (Å²) in [4.78, 5) is 8.18. The van der Waals surface area contributed by atoms with Gasteiger partial charge in [-0.1, -0.05) is 11.6 Å². The number of rotatable bonds is 3. The number of aryl methyl sites for hydroxylation is 1. The molecular weight excluding hydrogens is 262 g/mol. The minimum absolute atomic E-state index is 0.0179. The molecule has 0 unspecified atom stereocenters. The van der Waals surface area contributed by atoms with Crippen LogP contribution >= 0.6 is 11.6 Å². The molecule has 0 saturated heterocycles. The highest BCUT2D eigenvalue weighted by atomic mass is 35.5. The molecule has 94 valence electrons.